The molecule has 1 aliphatic carbocycles. The zero-order chi connectivity index (χ0) is 23.2. The van der Waals surface area contributed by atoms with E-state index in [9.17, 15) is 9.59 Å². The largest absolute Gasteiger partial charge is 0.465 e. The van der Waals surface area contributed by atoms with Crippen molar-refractivity contribution in [3.8, 4) is 0 Å². The van der Waals surface area contributed by atoms with Crippen molar-refractivity contribution >= 4 is 24.4 Å². The van der Waals surface area contributed by atoms with Crippen molar-refractivity contribution in [1.29, 1.82) is 0 Å². The molecule has 0 aliphatic heterocycles. The number of ether oxygens (including phenoxy) is 2. The number of esters is 2. The number of nitrogens with zero attached hydrogens (tertiary/aromatic N) is 2. The van der Waals surface area contributed by atoms with Crippen molar-refractivity contribution in [2.45, 2.75) is 87.6 Å². The zero-order valence-corrected chi connectivity index (χ0v) is 20.5. The highest BCUT2D eigenvalue weighted by molar-refractivity contribution is 5.69. The lowest BCUT2D eigenvalue weighted by molar-refractivity contribution is -0.143. The third-order valence-corrected chi connectivity index (χ3v) is 5.27. The van der Waals surface area contributed by atoms with Crippen LogP contribution in [0, 0.1) is 21.7 Å². The van der Waals surface area contributed by atoms with Crippen LogP contribution in [0.25, 0.3) is 0 Å². The molecule has 0 N–H and O–H groups in total. The molecule has 6 heteroatoms. The molecule has 1 saturated carbocycles. The Balaban J connectivity index is 2.80. The minimum absolute atomic E-state index is 0.0534. The van der Waals surface area contributed by atoms with Crippen molar-refractivity contribution < 1.29 is 19.1 Å². The molecule has 1 rings (SSSR count). The van der Waals surface area contributed by atoms with Crippen LogP contribution in [-0.4, -0.2) is 50.2 Å². The summed E-state index contributed by atoms with van der Waals surface area (Å²) >= 11 is 0. The van der Waals surface area contributed by atoms with E-state index in [2.05, 4.69) is 20.8 Å². The number of hydrogen-bond donors (Lipinski definition) is 0. The molecular weight excluding hydrogens is 380 g/mol. The maximum absolute atomic E-state index is 11.1. The highest BCUT2D eigenvalue weighted by Crippen LogP contribution is 2.47. The van der Waals surface area contributed by atoms with E-state index >= 15 is 0 Å². The second-order valence-corrected chi connectivity index (χ2v) is 11.5. The number of hydrogen-bond acceptors (Lipinski definition) is 6. The van der Waals surface area contributed by atoms with Gasteiger partial charge in [0.1, 0.15) is 13.2 Å². The second kappa shape index (κ2) is 10.1. The molecule has 0 radical (unpaired) electrons. The maximum Gasteiger partial charge on any atom is 0.302 e. The molecule has 1 aliphatic rings. The van der Waals surface area contributed by atoms with E-state index in [1.54, 1.807) is 0 Å². The lowest BCUT2D eigenvalue weighted by Crippen LogP contribution is -2.40. The lowest BCUT2D eigenvalue weighted by Gasteiger charge is -2.45. The van der Waals surface area contributed by atoms with Crippen molar-refractivity contribution in [2.75, 3.05) is 19.8 Å². The average molecular weight is 423 g/mol. The summed E-state index contributed by atoms with van der Waals surface area (Å²) in [6.07, 6.45) is 6.96. The van der Waals surface area contributed by atoms with Crippen LogP contribution in [0.2, 0.25) is 0 Å². The molecule has 2 unspecified atom stereocenters. The standard InChI is InChI=1S/C24H42N2O4/c1-18(27)29-16-22(5,6)13-25-15-24(9)11-20(10-21(3,4)12-24)26-14-23(7,8)17-30-19(2)28/h13-14,20H,10-12,15-17H2,1-9H3. The van der Waals surface area contributed by atoms with Crippen LogP contribution in [0.4, 0.5) is 0 Å². The van der Waals surface area contributed by atoms with Gasteiger partial charge < -0.3 is 9.47 Å². The summed E-state index contributed by atoms with van der Waals surface area (Å²) in [6, 6.07) is 0.222. The van der Waals surface area contributed by atoms with Crippen LogP contribution in [0.1, 0.15) is 81.6 Å². The van der Waals surface area contributed by atoms with Gasteiger partial charge in [0, 0.05) is 43.7 Å². The quantitative estimate of drug-likeness (QED) is 0.391. The lowest BCUT2D eigenvalue weighted by atomic mass is 9.62. The molecule has 2 atom stereocenters. The Morgan fingerprint density at radius 3 is 1.93 bits per heavy atom. The highest BCUT2D eigenvalue weighted by Gasteiger charge is 2.41. The number of carbonyl (C=O) groups excluding carboxylic acids is 2. The van der Waals surface area contributed by atoms with Crippen molar-refractivity contribution in [1.82, 2.24) is 0 Å². The molecule has 0 heterocycles. The molecule has 0 aromatic rings. The molecule has 0 aromatic carbocycles. The Hall–Kier alpha value is -1.72. The minimum atomic E-state index is -0.289. The summed E-state index contributed by atoms with van der Waals surface area (Å²) in [7, 11) is 0. The first-order chi connectivity index (χ1) is 13.5. The van der Waals surface area contributed by atoms with Gasteiger partial charge in [-0.3, -0.25) is 19.6 Å². The van der Waals surface area contributed by atoms with Gasteiger partial charge in [-0.05, 0) is 30.1 Å². The fourth-order valence-electron chi connectivity index (χ4n) is 4.27. The average Bonchev–Trinajstić information content (AvgIpc) is 2.55. The Morgan fingerprint density at radius 2 is 1.43 bits per heavy atom. The molecular formula is C24H42N2O4. The van der Waals surface area contributed by atoms with Crippen molar-refractivity contribution in [3.05, 3.63) is 0 Å². The van der Waals surface area contributed by atoms with Crippen LogP contribution in [0.3, 0.4) is 0 Å². The van der Waals surface area contributed by atoms with Gasteiger partial charge >= 0.3 is 11.9 Å². The van der Waals surface area contributed by atoms with Crippen LogP contribution in [-0.2, 0) is 19.1 Å². The van der Waals surface area contributed by atoms with Gasteiger partial charge in [0.05, 0.1) is 6.04 Å². The predicted octanol–water partition coefficient (Wildman–Crippen LogP) is 4.89. The smallest absolute Gasteiger partial charge is 0.302 e. The van der Waals surface area contributed by atoms with E-state index in [1.165, 1.54) is 13.8 Å². The summed E-state index contributed by atoms with van der Waals surface area (Å²) in [6.45, 7) is 19.2. The van der Waals surface area contributed by atoms with Gasteiger partial charge in [-0.25, -0.2) is 0 Å². The molecule has 1 fully saturated rings. The third-order valence-electron chi connectivity index (χ3n) is 5.27. The van der Waals surface area contributed by atoms with Crippen molar-refractivity contribution in [3.63, 3.8) is 0 Å². The van der Waals surface area contributed by atoms with Gasteiger partial charge in [-0.1, -0.05) is 48.5 Å². The topological polar surface area (TPSA) is 77.3 Å². The summed E-state index contributed by atoms with van der Waals surface area (Å²) in [5, 5.41) is 0. The molecule has 0 spiro atoms. The first kappa shape index (κ1) is 26.3. The summed E-state index contributed by atoms with van der Waals surface area (Å²) in [4.78, 5) is 31.8. The molecule has 0 aromatic heterocycles. The second-order valence-electron chi connectivity index (χ2n) is 11.5. The van der Waals surface area contributed by atoms with Gasteiger partial charge in [-0.2, -0.15) is 0 Å². The summed E-state index contributed by atoms with van der Waals surface area (Å²) < 4.78 is 10.3. The van der Waals surface area contributed by atoms with Crippen LogP contribution in [0.15, 0.2) is 9.98 Å². The van der Waals surface area contributed by atoms with Gasteiger partial charge in [0.2, 0.25) is 0 Å². The fourth-order valence-corrected chi connectivity index (χ4v) is 4.27. The molecule has 172 valence electrons. The first-order valence-electron chi connectivity index (χ1n) is 10.9. The number of aliphatic imine (C=N–C) groups is 2. The van der Waals surface area contributed by atoms with E-state index in [1.807, 2.05) is 40.1 Å². The monoisotopic (exact) mass is 422 g/mol. The van der Waals surface area contributed by atoms with E-state index in [0.29, 0.717) is 13.2 Å². The zero-order valence-electron chi connectivity index (χ0n) is 20.5. The number of carbonyl (C=O) groups is 2. The van der Waals surface area contributed by atoms with Crippen LogP contribution in [0.5, 0.6) is 0 Å². The Bertz CT molecular complexity index is 664. The fraction of sp³-hybridized carbons (Fsp3) is 0.833. The predicted molar refractivity (Wildman–Crippen MR) is 122 cm³/mol. The summed E-state index contributed by atoms with van der Waals surface area (Å²) in [5.41, 5.74) is -0.345. The van der Waals surface area contributed by atoms with E-state index in [0.717, 1.165) is 25.8 Å². The first-order valence-corrected chi connectivity index (χ1v) is 10.9. The van der Waals surface area contributed by atoms with E-state index in [-0.39, 0.29) is 39.6 Å². The van der Waals surface area contributed by atoms with Crippen LogP contribution >= 0.6 is 0 Å². The van der Waals surface area contributed by atoms with Gasteiger partial charge in [0.25, 0.3) is 0 Å². The molecule has 0 saturated heterocycles. The minimum Gasteiger partial charge on any atom is -0.465 e. The van der Waals surface area contributed by atoms with Crippen LogP contribution < -0.4 is 0 Å². The normalized spacial score (nSPS) is 24.9. The highest BCUT2D eigenvalue weighted by atomic mass is 16.5. The molecule has 0 amide bonds. The SMILES string of the molecule is CC(=O)OCC(C)(C)C=NCC1(C)CC(N=CC(C)(C)COC(C)=O)CC(C)(C)C1. The Morgan fingerprint density at radius 1 is 0.933 bits per heavy atom. The molecule has 0 bridgehead atoms. The Kier molecular flexibility index (Phi) is 8.82. The van der Waals surface area contributed by atoms with Gasteiger partial charge in [-0.15, -0.1) is 0 Å². The molecule has 30 heavy (non-hydrogen) atoms. The third kappa shape index (κ3) is 10.4. The van der Waals surface area contributed by atoms with E-state index < -0.39 is 0 Å². The van der Waals surface area contributed by atoms with E-state index in [4.69, 9.17) is 19.5 Å². The van der Waals surface area contributed by atoms with Gasteiger partial charge in [0.15, 0.2) is 0 Å². The number of rotatable bonds is 9. The molecule has 6 nitrogen and oxygen atoms in total. The van der Waals surface area contributed by atoms with Crippen molar-refractivity contribution in [2.24, 2.45) is 31.6 Å². The maximum atomic E-state index is 11.1. The Labute approximate surface area is 182 Å². The summed E-state index contributed by atoms with van der Waals surface area (Å²) in [5.74, 6) is -0.535.